The molecule has 0 heterocycles. The van der Waals surface area contributed by atoms with Gasteiger partial charge in [-0.05, 0) is 42.5 Å². The van der Waals surface area contributed by atoms with Crippen LogP contribution in [0.2, 0.25) is 0 Å². The molecule has 0 unspecified atom stereocenters. The first kappa shape index (κ1) is 12.8. The lowest BCUT2D eigenvalue weighted by Crippen LogP contribution is -2.14. The Hall–Kier alpha value is -1.31. The summed E-state index contributed by atoms with van der Waals surface area (Å²) < 4.78 is 4.97. The first-order chi connectivity index (χ1) is 7.36. The van der Waals surface area contributed by atoms with E-state index in [2.05, 4.69) is 20.8 Å². The van der Waals surface area contributed by atoms with Crippen LogP contribution >= 0.6 is 0 Å². The third-order valence-electron chi connectivity index (χ3n) is 2.55. The summed E-state index contributed by atoms with van der Waals surface area (Å²) in [5, 5.41) is 0. The topological polar surface area (TPSA) is 26.3 Å². The molecule has 1 aromatic carbocycles. The summed E-state index contributed by atoms with van der Waals surface area (Å²) in [4.78, 5) is 11.5. The van der Waals surface area contributed by atoms with Gasteiger partial charge in [-0.2, -0.15) is 0 Å². The van der Waals surface area contributed by atoms with Gasteiger partial charge in [0, 0.05) is 0 Å². The van der Waals surface area contributed by atoms with Crippen molar-refractivity contribution in [3.8, 4) is 0 Å². The van der Waals surface area contributed by atoms with Crippen LogP contribution in [0.4, 0.5) is 0 Å². The number of carbonyl (C=O) groups excluding carboxylic acids is 1. The lowest BCUT2D eigenvalue weighted by molar-refractivity contribution is 0.0526. The Morgan fingerprint density at radius 1 is 1.31 bits per heavy atom. The van der Waals surface area contributed by atoms with Crippen molar-refractivity contribution in [3.05, 3.63) is 34.9 Å². The molecule has 0 aliphatic heterocycles. The van der Waals surface area contributed by atoms with Crippen molar-refractivity contribution in [2.75, 3.05) is 6.61 Å². The standard InChI is InChI=1S/C14H20O2/c1-6-16-13(15)11-7-8-12(10(2)9-11)14(3,4)5/h7-9H,6H2,1-5H3. The zero-order chi connectivity index (χ0) is 12.3. The Labute approximate surface area is 97.6 Å². The summed E-state index contributed by atoms with van der Waals surface area (Å²) in [6.45, 7) is 10.8. The van der Waals surface area contributed by atoms with Crippen LogP contribution < -0.4 is 0 Å². The third kappa shape index (κ3) is 2.84. The van der Waals surface area contributed by atoms with Gasteiger partial charge in [0.2, 0.25) is 0 Å². The van der Waals surface area contributed by atoms with E-state index in [0.717, 1.165) is 5.56 Å². The van der Waals surface area contributed by atoms with E-state index in [1.807, 2.05) is 32.0 Å². The van der Waals surface area contributed by atoms with Crippen LogP contribution in [-0.4, -0.2) is 12.6 Å². The fraction of sp³-hybridized carbons (Fsp3) is 0.500. The molecule has 0 amide bonds. The van der Waals surface area contributed by atoms with E-state index in [1.165, 1.54) is 5.56 Å². The normalized spacial score (nSPS) is 11.3. The first-order valence-corrected chi connectivity index (χ1v) is 5.64. The molecule has 0 aromatic heterocycles. The van der Waals surface area contributed by atoms with E-state index in [1.54, 1.807) is 0 Å². The maximum atomic E-state index is 11.5. The zero-order valence-corrected chi connectivity index (χ0v) is 10.8. The minimum atomic E-state index is -0.244. The van der Waals surface area contributed by atoms with Crippen LogP contribution in [0.15, 0.2) is 18.2 Å². The predicted octanol–water partition coefficient (Wildman–Crippen LogP) is 3.47. The molecular weight excluding hydrogens is 200 g/mol. The summed E-state index contributed by atoms with van der Waals surface area (Å²) in [5.74, 6) is -0.244. The molecule has 0 aliphatic rings. The van der Waals surface area contributed by atoms with Crippen molar-refractivity contribution in [1.82, 2.24) is 0 Å². The van der Waals surface area contributed by atoms with E-state index in [-0.39, 0.29) is 11.4 Å². The second-order valence-corrected chi connectivity index (χ2v) is 5.00. The van der Waals surface area contributed by atoms with Crippen LogP contribution in [-0.2, 0) is 10.2 Å². The Kier molecular flexibility index (Phi) is 3.74. The van der Waals surface area contributed by atoms with E-state index >= 15 is 0 Å². The fourth-order valence-corrected chi connectivity index (χ4v) is 1.85. The zero-order valence-electron chi connectivity index (χ0n) is 10.8. The highest BCUT2D eigenvalue weighted by Gasteiger charge is 2.17. The summed E-state index contributed by atoms with van der Waals surface area (Å²) >= 11 is 0. The molecule has 2 heteroatoms. The lowest BCUT2D eigenvalue weighted by Gasteiger charge is -2.21. The number of rotatable bonds is 2. The number of hydrogen-bond acceptors (Lipinski definition) is 2. The smallest absolute Gasteiger partial charge is 0.338 e. The highest BCUT2D eigenvalue weighted by Crippen LogP contribution is 2.26. The molecule has 2 nitrogen and oxygen atoms in total. The van der Waals surface area contributed by atoms with Gasteiger partial charge in [0.05, 0.1) is 12.2 Å². The second-order valence-electron chi connectivity index (χ2n) is 5.00. The Morgan fingerprint density at radius 3 is 2.38 bits per heavy atom. The molecule has 16 heavy (non-hydrogen) atoms. The van der Waals surface area contributed by atoms with Crippen LogP contribution in [0.25, 0.3) is 0 Å². The molecule has 0 bridgehead atoms. The Balaban J connectivity index is 3.05. The van der Waals surface area contributed by atoms with Gasteiger partial charge in [-0.25, -0.2) is 4.79 Å². The van der Waals surface area contributed by atoms with Crippen LogP contribution in [0.1, 0.15) is 49.2 Å². The maximum Gasteiger partial charge on any atom is 0.338 e. The van der Waals surface area contributed by atoms with Crippen LogP contribution in [0.5, 0.6) is 0 Å². The Morgan fingerprint density at radius 2 is 1.94 bits per heavy atom. The molecular formula is C14H20O2. The van der Waals surface area contributed by atoms with Crippen LogP contribution in [0, 0.1) is 6.92 Å². The number of benzene rings is 1. The molecule has 0 N–H and O–H groups in total. The summed E-state index contributed by atoms with van der Waals surface area (Å²) in [7, 11) is 0. The number of ether oxygens (including phenoxy) is 1. The van der Waals surface area contributed by atoms with Gasteiger partial charge in [-0.1, -0.05) is 26.8 Å². The monoisotopic (exact) mass is 220 g/mol. The minimum absolute atomic E-state index is 0.108. The largest absolute Gasteiger partial charge is 0.462 e. The highest BCUT2D eigenvalue weighted by molar-refractivity contribution is 5.89. The molecule has 0 aliphatic carbocycles. The SMILES string of the molecule is CCOC(=O)c1ccc(C(C)(C)C)c(C)c1. The number of esters is 1. The van der Waals surface area contributed by atoms with Gasteiger partial charge in [-0.15, -0.1) is 0 Å². The number of carbonyl (C=O) groups is 1. The molecule has 1 rings (SSSR count). The summed E-state index contributed by atoms with van der Waals surface area (Å²) in [6, 6.07) is 5.76. The van der Waals surface area contributed by atoms with Crippen molar-refractivity contribution >= 4 is 5.97 Å². The van der Waals surface area contributed by atoms with Gasteiger partial charge in [0.15, 0.2) is 0 Å². The van der Waals surface area contributed by atoms with E-state index < -0.39 is 0 Å². The van der Waals surface area contributed by atoms with Gasteiger partial charge in [-0.3, -0.25) is 0 Å². The van der Waals surface area contributed by atoms with Crippen molar-refractivity contribution < 1.29 is 9.53 Å². The average Bonchev–Trinajstić information content (AvgIpc) is 2.16. The number of aryl methyl sites for hydroxylation is 1. The van der Waals surface area contributed by atoms with Gasteiger partial charge in [0.1, 0.15) is 0 Å². The average molecular weight is 220 g/mol. The van der Waals surface area contributed by atoms with Crippen molar-refractivity contribution in [2.45, 2.75) is 40.0 Å². The molecule has 0 radical (unpaired) electrons. The predicted molar refractivity (Wildman–Crippen MR) is 65.8 cm³/mol. The van der Waals surface area contributed by atoms with E-state index in [4.69, 9.17) is 4.74 Å². The highest BCUT2D eigenvalue weighted by atomic mass is 16.5. The Bertz CT molecular complexity index is 386. The van der Waals surface area contributed by atoms with Gasteiger partial charge in [0.25, 0.3) is 0 Å². The molecule has 0 spiro atoms. The number of hydrogen-bond donors (Lipinski definition) is 0. The van der Waals surface area contributed by atoms with Gasteiger partial charge >= 0.3 is 5.97 Å². The lowest BCUT2D eigenvalue weighted by atomic mass is 9.83. The summed E-state index contributed by atoms with van der Waals surface area (Å²) in [6.07, 6.45) is 0. The van der Waals surface area contributed by atoms with Crippen molar-refractivity contribution in [3.63, 3.8) is 0 Å². The maximum absolute atomic E-state index is 11.5. The van der Waals surface area contributed by atoms with Crippen LogP contribution in [0.3, 0.4) is 0 Å². The minimum Gasteiger partial charge on any atom is -0.462 e. The van der Waals surface area contributed by atoms with Crippen molar-refractivity contribution in [2.24, 2.45) is 0 Å². The molecule has 1 aromatic rings. The second kappa shape index (κ2) is 4.69. The molecule has 0 saturated carbocycles. The molecule has 0 saturated heterocycles. The summed E-state index contributed by atoms with van der Waals surface area (Å²) in [5.41, 5.74) is 3.14. The molecule has 0 fully saturated rings. The first-order valence-electron chi connectivity index (χ1n) is 5.64. The quantitative estimate of drug-likeness (QED) is 0.713. The molecule has 88 valence electrons. The van der Waals surface area contributed by atoms with Gasteiger partial charge < -0.3 is 4.74 Å². The third-order valence-corrected chi connectivity index (χ3v) is 2.55. The molecule has 0 atom stereocenters. The fourth-order valence-electron chi connectivity index (χ4n) is 1.85. The van der Waals surface area contributed by atoms with E-state index in [0.29, 0.717) is 12.2 Å². The van der Waals surface area contributed by atoms with Crippen molar-refractivity contribution in [1.29, 1.82) is 0 Å². The van der Waals surface area contributed by atoms with E-state index in [9.17, 15) is 4.79 Å².